The topological polar surface area (TPSA) is 165 Å². The summed E-state index contributed by atoms with van der Waals surface area (Å²) in [7, 11) is -4.85. The Labute approximate surface area is 137 Å². The molecule has 0 saturated carbocycles. The van der Waals surface area contributed by atoms with Crippen LogP contribution in [0, 0.1) is 0 Å². The van der Waals surface area contributed by atoms with Crippen LogP contribution < -0.4 is 0 Å². The number of hydrogen-bond acceptors (Lipinski definition) is 7. The zero-order valence-electron chi connectivity index (χ0n) is 8.71. The number of ketones is 1. The van der Waals surface area contributed by atoms with Crippen LogP contribution in [0.5, 0.6) is 0 Å². The SMILES string of the molecule is O=C(COP(=O)(O)O)[C@H](O)[C@H](O)[C@H](O)CO.[Ba+2]. The largest absolute Gasteiger partial charge is 2.00 e. The van der Waals surface area contributed by atoms with Crippen LogP contribution in [0.2, 0.25) is 0 Å². The fraction of sp³-hybridized carbons (Fsp3) is 0.833. The number of carbonyl (C=O) groups is 1. The summed E-state index contributed by atoms with van der Waals surface area (Å²) >= 11 is 0. The van der Waals surface area contributed by atoms with E-state index in [1.165, 1.54) is 0 Å². The van der Waals surface area contributed by atoms with E-state index < -0.39 is 45.1 Å². The predicted molar refractivity (Wildman–Crippen MR) is 53.9 cm³/mol. The van der Waals surface area contributed by atoms with Crippen molar-refractivity contribution in [3.8, 4) is 0 Å². The van der Waals surface area contributed by atoms with E-state index in [1.807, 2.05) is 0 Å². The molecule has 0 heterocycles. The third-order valence-corrected chi connectivity index (χ3v) is 2.08. The van der Waals surface area contributed by atoms with Gasteiger partial charge in [0.2, 0.25) is 0 Å². The molecule has 0 unspecified atom stereocenters. The number of rotatable bonds is 7. The first-order chi connectivity index (χ1) is 7.19. The molecule has 96 valence electrons. The van der Waals surface area contributed by atoms with Crippen LogP contribution in [0.3, 0.4) is 0 Å². The summed E-state index contributed by atoms with van der Waals surface area (Å²) in [6, 6.07) is 0. The van der Waals surface area contributed by atoms with Crippen LogP contribution in [-0.4, -0.2) is 116 Å². The van der Waals surface area contributed by atoms with Gasteiger partial charge in [-0.3, -0.25) is 9.32 Å². The fourth-order valence-electron chi connectivity index (χ4n) is 0.742. The third kappa shape index (κ3) is 8.83. The summed E-state index contributed by atoms with van der Waals surface area (Å²) in [5.41, 5.74) is 0. The van der Waals surface area contributed by atoms with E-state index in [0.29, 0.717) is 0 Å². The monoisotopic (exact) mass is 398 g/mol. The number of phosphoric ester groups is 1. The second kappa shape index (κ2) is 9.15. The van der Waals surface area contributed by atoms with Gasteiger partial charge < -0.3 is 30.2 Å². The van der Waals surface area contributed by atoms with Crippen molar-refractivity contribution in [2.75, 3.05) is 13.2 Å². The molecule has 3 atom stereocenters. The Morgan fingerprint density at radius 1 is 1.24 bits per heavy atom. The number of phosphoric acid groups is 1. The van der Waals surface area contributed by atoms with Gasteiger partial charge in [-0.25, -0.2) is 4.57 Å². The molecule has 0 aliphatic carbocycles. The molecule has 0 aromatic rings. The number of carbonyl (C=O) groups excluding carboxylic acids is 1. The first-order valence-electron chi connectivity index (χ1n) is 4.07. The van der Waals surface area contributed by atoms with E-state index in [9.17, 15) is 9.36 Å². The molecule has 0 saturated heterocycles. The Hall–Kier alpha value is 1.19. The normalized spacial score (nSPS) is 16.8. The molecule has 6 N–H and O–H groups in total. The van der Waals surface area contributed by atoms with Crippen LogP contribution in [0.25, 0.3) is 0 Å². The van der Waals surface area contributed by atoms with E-state index in [-0.39, 0.29) is 48.9 Å². The first kappa shape index (κ1) is 20.5. The van der Waals surface area contributed by atoms with Gasteiger partial charge in [-0.2, -0.15) is 0 Å². The van der Waals surface area contributed by atoms with Gasteiger partial charge in [-0.05, 0) is 0 Å². The van der Waals surface area contributed by atoms with Crippen molar-refractivity contribution in [3.63, 3.8) is 0 Å². The third-order valence-electron chi connectivity index (χ3n) is 1.61. The molecule has 0 aromatic heterocycles. The molecule has 9 nitrogen and oxygen atoms in total. The van der Waals surface area contributed by atoms with Crippen molar-refractivity contribution in [1.82, 2.24) is 0 Å². The van der Waals surface area contributed by atoms with Gasteiger partial charge in [0.05, 0.1) is 6.61 Å². The Kier molecular flexibility index (Phi) is 11.0. The van der Waals surface area contributed by atoms with Crippen LogP contribution in [0.4, 0.5) is 0 Å². The summed E-state index contributed by atoms with van der Waals surface area (Å²) < 4.78 is 14.0. The van der Waals surface area contributed by atoms with Gasteiger partial charge in [-0.1, -0.05) is 0 Å². The Balaban J connectivity index is 0. The quantitative estimate of drug-likeness (QED) is 0.188. The van der Waals surface area contributed by atoms with E-state index in [1.54, 1.807) is 0 Å². The molecule has 0 aromatic carbocycles. The van der Waals surface area contributed by atoms with Crippen LogP contribution in [0.1, 0.15) is 0 Å². The molecule has 0 rings (SSSR count). The molecule has 0 bridgehead atoms. The van der Waals surface area contributed by atoms with Crippen molar-refractivity contribution in [3.05, 3.63) is 0 Å². The summed E-state index contributed by atoms with van der Waals surface area (Å²) in [6.45, 7) is -2.01. The molecular weight excluding hydrogens is 384 g/mol. The maximum Gasteiger partial charge on any atom is 2.00 e. The Morgan fingerprint density at radius 3 is 2.06 bits per heavy atom. The van der Waals surface area contributed by atoms with Crippen molar-refractivity contribution < 1.29 is 44.1 Å². The van der Waals surface area contributed by atoms with E-state index in [4.69, 9.17) is 30.2 Å². The number of hydrogen-bond donors (Lipinski definition) is 6. The van der Waals surface area contributed by atoms with E-state index in [0.717, 1.165) is 0 Å². The predicted octanol–water partition coefficient (Wildman–Crippen LogP) is -3.64. The van der Waals surface area contributed by atoms with Crippen molar-refractivity contribution in [1.29, 1.82) is 0 Å². The van der Waals surface area contributed by atoms with Crippen molar-refractivity contribution >= 4 is 62.5 Å². The minimum Gasteiger partial charge on any atom is -0.394 e. The maximum atomic E-state index is 11.0. The fourth-order valence-corrected chi connectivity index (χ4v) is 1.04. The van der Waals surface area contributed by atoms with Crippen molar-refractivity contribution in [2.24, 2.45) is 0 Å². The average molecular weight is 397 g/mol. The van der Waals surface area contributed by atoms with Crippen molar-refractivity contribution in [2.45, 2.75) is 18.3 Å². The molecule has 0 amide bonds. The summed E-state index contributed by atoms with van der Waals surface area (Å²) in [5.74, 6) is -1.23. The minimum absolute atomic E-state index is 0. The van der Waals surface area contributed by atoms with Gasteiger partial charge in [0.15, 0.2) is 5.78 Å². The van der Waals surface area contributed by atoms with Gasteiger partial charge in [-0.15, -0.1) is 0 Å². The zero-order valence-corrected chi connectivity index (χ0v) is 14.0. The first-order valence-corrected chi connectivity index (χ1v) is 5.60. The smallest absolute Gasteiger partial charge is 0.394 e. The molecular formula is C6H13BaO9P+2. The van der Waals surface area contributed by atoms with Crippen LogP contribution in [0.15, 0.2) is 0 Å². The number of aliphatic hydroxyl groups is 4. The van der Waals surface area contributed by atoms with Gasteiger partial charge >= 0.3 is 56.7 Å². The molecule has 0 radical (unpaired) electrons. The minimum atomic E-state index is -4.85. The molecule has 0 fully saturated rings. The second-order valence-corrected chi connectivity index (χ2v) is 4.16. The summed E-state index contributed by atoms with van der Waals surface area (Å²) in [4.78, 5) is 27.5. The van der Waals surface area contributed by atoms with Crippen LogP contribution >= 0.6 is 7.82 Å². The molecule has 0 aliphatic rings. The Morgan fingerprint density at radius 2 is 1.71 bits per heavy atom. The summed E-state index contributed by atoms with van der Waals surface area (Å²) in [5, 5.41) is 35.4. The maximum absolute atomic E-state index is 11.0. The number of Topliss-reactive ketones (excluding diaryl/α,β-unsaturated/α-hetero) is 1. The van der Waals surface area contributed by atoms with E-state index in [2.05, 4.69) is 4.52 Å². The molecule has 17 heavy (non-hydrogen) atoms. The second-order valence-electron chi connectivity index (χ2n) is 2.92. The van der Waals surface area contributed by atoms with Gasteiger partial charge in [0.25, 0.3) is 0 Å². The van der Waals surface area contributed by atoms with Crippen LogP contribution in [-0.2, 0) is 13.9 Å². The van der Waals surface area contributed by atoms with E-state index >= 15 is 0 Å². The summed E-state index contributed by atoms with van der Waals surface area (Å²) in [6.07, 6.45) is -5.81. The molecule has 0 aliphatic heterocycles. The standard InChI is InChI=1S/C6H13O9P.Ba/c7-1-3(8)5(10)6(11)4(9)2-15-16(12,13)14;/h3,5-8,10-11H,1-2H2,(H2,12,13,14);/q;+2/t3-,5-,6+;/m1./s1. The molecule has 0 spiro atoms. The zero-order chi connectivity index (χ0) is 12.9. The number of aliphatic hydroxyl groups excluding tert-OH is 4. The van der Waals surface area contributed by atoms with Gasteiger partial charge in [0.1, 0.15) is 24.9 Å². The average Bonchev–Trinajstić information content (AvgIpc) is 2.21. The molecule has 11 heteroatoms. The van der Waals surface area contributed by atoms with Gasteiger partial charge in [0, 0.05) is 0 Å². The Bertz CT molecular complexity index is 279.